The molecule has 2 aromatic carbocycles. The van der Waals surface area contributed by atoms with Gasteiger partial charge >= 0.3 is 6.03 Å². The minimum absolute atomic E-state index is 0.0234. The Labute approximate surface area is 187 Å². The summed E-state index contributed by atoms with van der Waals surface area (Å²) in [6.45, 7) is 5.63. The molecular weight excluding hydrogens is 416 g/mol. The minimum atomic E-state index is -0.0766. The molecule has 2 aliphatic heterocycles. The van der Waals surface area contributed by atoms with Gasteiger partial charge in [-0.05, 0) is 29.8 Å². The summed E-state index contributed by atoms with van der Waals surface area (Å²) in [5, 5.41) is 3.71. The Hall–Kier alpha value is -2.77. The van der Waals surface area contributed by atoms with E-state index in [9.17, 15) is 9.59 Å². The third-order valence-corrected chi connectivity index (χ3v) is 6.02. The van der Waals surface area contributed by atoms with Gasteiger partial charge in [0, 0.05) is 51.4 Å². The van der Waals surface area contributed by atoms with Crippen molar-refractivity contribution < 1.29 is 14.3 Å². The SMILES string of the molecule is O=C(NCc1ccc(C(=O)N2CCOCC2)cc1)N1CCN(c2ccccc2Cl)CC1. The molecule has 7 nitrogen and oxygen atoms in total. The number of morpholine rings is 1. The van der Waals surface area contributed by atoms with Crippen LogP contribution in [-0.4, -0.2) is 74.2 Å². The van der Waals surface area contributed by atoms with E-state index < -0.39 is 0 Å². The van der Waals surface area contributed by atoms with Crippen LogP contribution in [0.5, 0.6) is 0 Å². The Morgan fingerprint density at radius 1 is 0.871 bits per heavy atom. The van der Waals surface area contributed by atoms with Gasteiger partial charge in [0.15, 0.2) is 0 Å². The van der Waals surface area contributed by atoms with E-state index in [2.05, 4.69) is 10.2 Å². The number of rotatable bonds is 4. The van der Waals surface area contributed by atoms with Crippen molar-refractivity contribution in [2.24, 2.45) is 0 Å². The molecule has 0 atom stereocenters. The third kappa shape index (κ3) is 5.29. The average molecular weight is 443 g/mol. The van der Waals surface area contributed by atoms with Crippen molar-refractivity contribution in [1.29, 1.82) is 0 Å². The monoisotopic (exact) mass is 442 g/mol. The zero-order valence-electron chi connectivity index (χ0n) is 17.4. The maximum Gasteiger partial charge on any atom is 0.317 e. The van der Waals surface area contributed by atoms with Gasteiger partial charge < -0.3 is 24.8 Å². The first-order valence-corrected chi connectivity index (χ1v) is 11.0. The van der Waals surface area contributed by atoms with Crippen molar-refractivity contribution in [1.82, 2.24) is 15.1 Å². The number of para-hydroxylation sites is 1. The van der Waals surface area contributed by atoms with E-state index in [0.717, 1.165) is 29.4 Å². The summed E-state index contributed by atoms with van der Waals surface area (Å²) in [4.78, 5) is 30.9. The molecule has 0 spiro atoms. The van der Waals surface area contributed by atoms with Crippen LogP contribution in [0.1, 0.15) is 15.9 Å². The van der Waals surface area contributed by atoms with Crippen LogP contribution >= 0.6 is 11.6 Å². The first-order valence-electron chi connectivity index (χ1n) is 10.6. The molecule has 2 aliphatic rings. The molecule has 4 rings (SSSR count). The lowest BCUT2D eigenvalue weighted by molar-refractivity contribution is 0.0303. The molecule has 164 valence electrons. The Balaban J connectivity index is 1.24. The molecule has 3 amide bonds. The van der Waals surface area contributed by atoms with Crippen molar-refractivity contribution in [3.63, 3.8) is 0 Å². The highest BCUT2D eigenvalue weighted by molar-refractivity contribution is 6.33. The highest BCUT2D eigenvalue weighted by atomic mass is 35.5. The molecule has 2 aromatic rings. The Morgan fingerprint density at radius 3 is 2.23 bits per heavy atom. The topological polar surface area (TPSA) is 65.1 Å². The largest absolute Gasteiger partial charge is 0.378 e. The molecule has 8 heteroatoms. The molecule has 0 aliphatic carbocycles. The number of carbonyl (C=O) groups is 2. The van der Waals surface area contributed by atoms with Crippen LogP contribution in [0.15, 0.2) is 48.5 Å². The van der Waals surface area contributed by atoms with E-state index in [1.807, 2.05) is 58.3 Å². The Morgan fingerprint density at radius 2 is 1.55 bits per heavy atom. The van der Waals surface area contributed by atoms with Crippen molar-refractivity contribution in [3.05, 3.63) is 64.7 Å². The zero-order chi connectivity index (χ0) is 21.6. The van der Waals surface area contributed by atoms with Crippen molar-refractivity contribution in [2.45, 2.75) is 6.54 Å². The number of piperazine rings is 1. The number of benzene rings is 2. The lowest BCUT2D eigenvalue weighted by Crippen LogP contribution is -2.51. The Kier molecular flexibility index (Phi) is 6.94. The van der Waals surface area contributed by atoms with E-state index in [1.54, 1.807) is 0 Å². The number of hydrogen-bond donors (Lipinski definition) is 1. The van der Waals surface area contributed by atoms with Gasteiger partial charge in [-0.15, -0.1) is 0 Å². The van der Waals surface area contributed by atoms with Crippen LogP contribution in [-0.2, 0) is 11.3 Å². The van der Waals surface area contributed by atoms with Crippen LogP contribution in [0.2, 0.25) is 5.02 Å². The van der Waals surface area contributed by atoms with Gasteiger partial charge in [-0.25, -0.2) is 4.79 Å². The fourth-order valence-corrected chi connectivity index (χ4v) is 4.12. The first-order chi connectivity index (χ1) is 15.1. The number of halogens is 1. The number of ether oxygens (including phenoxy) is 1. The van der Waals surface area contributed by atoms with Crippen LogP contribution in [0.3, 0.4) is 0 Å². The highest BCUT2D eigenvalue weighted by Gasteiger charge is 2.22. The van der Waals surface area contributed by atoms with Gasteiger partial charge in [0.25, 0.3) is 5.91 Å². The summed E-state index contributed by atoms with van der Waals surface area (Å²) < 4.78 is 5.30. The number of amides is 3. The predicted octanol–water partition coefficient (Wildman–Crippen LogP) is 2.84. The van der Waals surface area contributed by atoms with Crippen LogP contribution in [0.25, 0.3) is 0 Å². The van der Waals surface area contributed by atoms with E-state index in [1.165, 1.54) is 0 Å². The van der Waals surface area contributed by atoms with Crippen molar-refractivity contribution in [2.75, 3.05) is 57.4 Å². The maximum atomic E-state index is 12.6. The normalized spacial score (nSPS) is 16.9. The third-order valence-electron chi connectivity index (χ3n) is 5.70. The fraction of sp³-hybridized carbons (Fsp3) is 0.391. The van der Waals surface area contributed by atoms with Gasteiger partial charge in [0.1, 0.15) is 0 Å². The van der Waals surface area contributed by atoms with Gasteiger partial charge in [-0.2, -0.15) is 0 Å². The quantitative estimate of drug-likeness (QED) is 0.790. The second-order valence-corrected chi connectivity index (χ2v) is 8.09. The fourth-order valence-electron chi connectivity index (χ4n) is 3.86. The maximum absolute atomic E-state index is 12.6. The number of hydrogen-bond acceptors (Lipinski definition) is 4. The number of urea groups is 1. The minimum Gasteiger partial charge on any atom is -0.378 e. The zero-order valence-corrected chi connectivity index (χ0v) is 18.2. The van der Waals surface area contributed by atoms with Crippen molar-refractivity contribution >= 4 is 29.2 Å². The van der Waals surface area contributed by atoms with Crippen molar-refractivity contribution in [3.8, 4) is 0 Å². The van der Waals surface area contributed by atoms with Gasteiger partial charge in [-0.3, -0.25) is 4.79 Å². The summed E-state index contributed by atoms with van der Waals surface area (Å²) in [5.74, 6) is 0.0234. The lowest BCUT2D eigenvalue weighted by Gasteiger charge is -2.36. The molecule has 0 saturated carbocycles. The molecule has 0 aromatic heterocycles. The highest BCUT2D eigenvalue weighted by Crippen LogP contribution is 2.26. The molecule has 0 bridgehead atoms. The second-order valence-electron chi connectivity index (χ2n) is 7.69. The van der Waals surface area contributed by atoms with E-state index in [0.29, 0.717) is 51.5 Å². The second kappa shape index (κ2) is 10.0. The molecule has 0 radical (unpaired) electrons. The van der Waals surface area contributed by atoms with Gasteiger partial charge in [0.05, 0.1) is 23.9 Å². The van der Waals surface area contributed by atoms with Crippen LogP contribution < -0.4 is 10.2 Å². The Bertz CT molecular complexity index is 907. The predicted molar refractivity (Wildman–Crippen MR) is 121 cm³/mol. The molecular formula is C23H27ClN4O3. The molecule has 1 N–H and O–H groups in total. The molecule has 2 saturated heterocycles. The van der Waals surface area contributed by atoms with Crippen LogP contribution in [0, 0.1) is 0 Å². The summed E-state index contributed by atoms with van der Waals surface area (Å²) in [6.07, 6.45) is 0. The van der Waals surface area contributed by atoms with Crippen LogP contribution in [0.4, 0.5) is 10.5 Å². The summed E-state index contributed by atoms with van der Waals surface area (Å²) in [5.41, 5.74) is 2.63. The van der Waals surface area contributed by atoms with Gasteiger partial charge in [0.2, 0.25) is 0 Å². The molecule has 0 unspecified atom stereocenters. The standard InChI is InChI=1S/C23H27ClN4O3/c24-20-3-1-2-4-21(20)26-9-11-28(12-10-26)23(30)25-17-18-5-7-19(8-6-18)22(29)27-13-15-31-16-14-27/h1-8H,9-17H2,(H,25,30). The number of carbonyl (C=O) groups excluding carboxylic acids is 2. The number of anilines is 1. The number of nitrogens with zero attached hydrogens (tertiary/aromatic N) is 3. The summed E-state index contributed by atoms with van der Waals surface area (Å²) in [7, 11) is 0. The summed E-state index contributed by atoms with van der Waals surface area (Å²) >= 11 is 6.28. The first kappa shape index (κ1) is 21.5. The molecule has 2 heterocycles. The number of nitrogens with one attached hydrogen (secondary N) is 1. The van der Waals surface area contributed by atoms with E-state index >= 15 is 0 Å². The molecule has 2 fully saturated rings. The average Bonchev–Trinajstić information content (AvgIpc) is 2.83. The summed E-state index contributed by atoms with van der Waals surface area (Å²) in [6, 6.07) is 15.1. The van der Waals surface area contributed by atoms with E-state index in [4.69, 9.17) is 16.3 Å². The van der Waals surface area contributed by atoms with E-state index in [-0.39, 0.29) is 11.9 Å². The smallest absolute Gasteiger partial charge is 0.317 e. The lowest BCUT2D eigenvalue weighted by atomic mass is 10.1. The van der Waals surface area contributed by atoms with Gasteiger partial charge in [-0.1, -0.05) is 35.9 Å². The molecule has 31 heavy (non-hydrogen) atoms.